The van der Waals surface area contributed by atoms with Crippen molar-refractivity contribution in [3.63, 3.8) is 0 Å². The van der Waals surface area contributed by atoms with Crippen molar-refractivity contribution >= 4 is 23.4 Å². The van der Waals surface area contributed by atoms with E-state index in [-0.39, 0.29) is 30.2 Å². The Bertz CT molecular complexity index is 1060. The summed E-state index contributed by atoms with van der Waals surface area (Å²) in [6, 6.07) is 11.4. The average Bonchev–Trinajstić information content (AvgIpc) is 3.01. The van der Waals surface area contributed by atoms with Gasteiger partial charge in [-0.15, -0.1) is 0 Å². The molecule has 2 aromatic rings. The maximum absolute atomic E-state index is 13.9. The fourth-order valence-corrected chi connectivity index (χ4v) is 5.01. The van der Waals surface area contributed by atoms with Gasteiger partial charge in [0.1, 0.15) is 6.04 Å². The van der Waals surface area contributed by atoms with Gasteiger partial charge in [-0.05, 0) is 50.1 Å². The number of imide groups is 1. The number of methoxy groups -OCH3 is 2. The molecule has 0 aromatic heterocycles. The van der Waals surface area contributed by atoms with Gasteiger partial charge in [0.15, 0.2) is 11.5 Å². The molecule has 1 aliphatic heterocycles. The van der Waals surface area contributed by atoms with E-state index in [0.29, 0.717) is 22.7 Å². The van der Waals surface area contributed by atoms with E-state index >= 15 is 0 Å². The van der Waals surface area contributed by atoms with Gasteiger partial charge in [-0.25, -0.2) is 4.90 Å². The Hall–Kier alpha value is -3.35. The highest BCUT2D eigenvalue weighted by molar-refractivity contribution is 6.23. The third-order valence-corrected chi connectivity index (χ3v) is 6.83. The minimum atomic E-state index is -0.822. The SMILES string of the molecule is COc1ccc(C(=O)N(C2CCCCCC2)C2CC(=O)N(c3ccc(C)cc3)C2=O)cc1OC. The van der Waals surface area contributed by atoms with E-state index in [2.05, 4.69) is 0 Å². The van der Waals surface area contributed by atoms with E-state index < -0.39 is 6.04 Å². The van der Waals surface area contributed by atoms with Crippen molar-refractivity contribution in [3.8, 4) is 11.5 Å². The zero-order chi connectivity index (χ0) is 24.2. The van der Waals surface area contributed by atoms with Gasteiger partial charge in [0.2, 0.25) is 5.91 Å². The van der Waals surface area contributed by atoms with Crippen LogP contribution < -0.4 is 14.4 Å². The number of hydrogen-bond acceptors (Lipinski definition) is 5. The Balaban J connectivity index is 1.70. The first-order chi connectivity index (χ1) is 16.4. The molecule has 1 heterocycles. The lowest BCUT2D eigenvalue weighted by Crippen LogP contribution is -2.50. The van der Waals surface area contributed by atoms with Gasteiger partial charge in [-0.1, -0.05) is 43.4 Å². The monoisotopic (exact) mass is 464 g/mol. The van der Waals surface area contributed by atoms with Crippen LogP contribution in [0.25, 0.3) is 0 Å². The smallest absolute Gasteiger partial charge is 0.257 e. The van der Waals surface area contributed by atoms with Crippen molar-refractivity contribution in [1.82, 2.24) is 4.90 Å². The number of hydrogen-bond donors (Lipinski definition) is 0. The van der Waals surface area contributed by atoms with Gasteiger partial charge in [-0.3, -0.25) is 14.4 Å². The highest BCUT2D eigenvalue weighted by atomic mass is 16.5. The van der Waals surface area contributed by atoms with Crippen LogP contribution in [0.5, 0.6) is 11.5 Å². The fraction of sp³-hybridized carbons (Fsp3) is 0.444. The second-order valence-electron chi connectivity index (χ2n) is 9.05. The number of anilines is 1. The quantitative estimate of drug-likeness (QED) is 0.464. The van der Waals surface area contributed by atoms with E-state index in [4.69, 9.17) is 9.47 Å². The number of carbonyl (C=O) groups is 3. The second kappa shape index (κ2) is 10.3. The Morgan fingerprint density at radius 1 is 0.912 bits per heavy atom. The maximum atomic E-state index is 13.9. The maximum Gasteiger partial charge on any atom is 0.257 e. The summed E-state index contributed by atoms with van der Waals surface area (Å²) < 4.78 is 10.7. The average molecular weight is 465 g/mol. The highest BCUT2D eigenvalue weighted by Crippen LogP contribution is 2.34. The molecule has 1 atom stereocenters. The largest absolute Gasteiger partial charge is 0.493 e. The molecule has 0 radical (unpaired) electrons. The first-order valence-corrected chi connectivity index (χ1v) is 11.9. The number of ether oxygens (including phenoxy) is 2. The molecular formula is C27H32N2O5. The topological polar surface area (TPSA) is 76.2 Å². The summed E-state index contributed by atoms with van der Waals surface area (Å²) in [6.45, 7) is 1.95. The number of benzene rings is 2. The molecule has 0 bridgehead atoms. The normalized spacial score (nSPS) is 19.1. The third-order valence-electron chi connectivity index (χ3n) is 6.83. The minimum Gasteiger partial charge on any atom is -0.493 e. The van der Waals surface area contributed by atoms with E-state index in [1.807, 2.05) is 19.1 Å². The molecule has 1 aliphatic carbocycles. The summed E-state index contributed by atoms with van der Waals surface area (Å²) >= 11 is 0. The third kappa shape index (κ3) is 4.65. The van der Waals surface area contributed by atoms with E-state index in [9.17, 15) is 14.4 Å². The van der Waals surface area contributed by atoms with Crippen LogP contribution in [0.15, 0.2) is 42.5 Å². The van der Waals surface area contributed by atoms with Gasteiger partial charge < -0.3 is 14.4 Å². The molecule has 2 fully saturated rings. The van der Waals surface area contributed by atoms with E-state index in [1.165, 1.54) is 12.0 Å². The molecule has 1 unspecified atom stereocenters. The van der Waals surface area contributed by atoms with Crippen LogP contribution in [0.4, 0.5) is 5.69 Å². The lowest BCUT2D eigenvalue weighted by Gasteiger charge is -2.35. The van der Waals surface area contributed by atoms with Crippen LogP contribution in [0.1, 0.15) is 60.9 Å². The predicted octanol–water partition coefficient (Wildman–Crippen LogP) is 4.51. The minimum absolute atomic E-state index is 0.0117. The molecule has 7 heteroatoms. The first-order valence-electron chi connectivity index (χ1n) is 11.9. The van der Waals surface area contributed by atoms with E-state index in [0.717, 1.165) is 44.1 Å². The van der Waals surface area contributed by atoms with E-state index in [1.54, 1.807) is 42.3 Å². The Kier molecular flexibility index (Phi) is 7.20. The van der Waals surface area contributed by atoms with Crippen molar-refractivity contribution in [2.45, 2.75) is 64.0 Å². The van der Waals surface area contributed by atoms with Crippen LogP contribution in [-0.4, -0.2) is 48.9 Å². The summed E-state index contributed by atoms with van der Waals surface area (Å²) in [5.74, 6) is 0.0938. The Labute approximate surface area is 200 Å². The molecule has 2 aliphatic rings. The second-order valence-corrected chi connectivity index (χ2v) is 9.05. The Morgan fingerprint density at radius 3 is 2.18 bits per heavy atom. The van der Waals surface area contributed by atoms with Crippen LogP contribution in [0, 0.1) is 6.92 Å². The lowest BCUT2D eigenvalue weighted by molar-refractivity contribution is -0.123. The molecule has 1 saturated heterocycles. The molecule has 0 N–H and O–H groups in total. The number of rotatable bonds is 6. The van der Waals surface area contributed by atoms with Crippen molar-refractivity contribution in [2.75, 3.05) is 19.1 Å². The number of carbonyl (C=O) groups excluding carboxylic acids is 3. The zero-order valence-corrected chi connectivity index (χ0v) is 20.1. The number of nitrogens with zero attached hydrogens (tertiary/aromatic N) is 2. The number of amides is 3. The number of aryl methyl sites for hydroxylation is 1. The summed E-state index contributed by atoms with van der Waals surface area (Å²) in [4.78, 5) is 43.4. The van der Waals surface area contributed by atoms with Crippen LogP contribution >= 0.6 is 0 Å². The van der Waals surface area contributed by atoms with Gasteiger partial charge in [0.05, 0.1) is 26.3 Å². The van der Waals surface area contributed by atoms with Crippen LogP contribution in [-0.2, 0) is 9.59 Å². The van der Waals surface area contributed by atoms with Crippen molar-refractivity contribution < 1.29 is 23.9 Å². The van der Waals surface area contributed by atoms with Gasteiger partial charge in [-0.2, -0.15) is 0 Å². The fourth-order valence-electron chi connectivity index (χ4n) is 5.01. The molecule has 3 amide bonds. The molecule has 2 aromatic carbocycles. The Morgan fingerprint density at radius 2 is 1.56 bits per heavy atom. The molecule has 1 saturated carbocycles. The molecular weight excluding hydrogens is 432 g/mol. The zero-order valence-electron chi connectivity index (χ0n) is 20.1. The first kappa shape index (κ1) is 23.8. The highest BCUT2D eigenvalue weighted by Gasteiger charge is 2.46. The molecule has 34 heavy (non-hydrogen) atoms. The van der Waals surface area contributed by atoms with Crippen LogP contribution in [0.2, 0.25) is 0 Å². The van der Waals surface area contributed by atoms with Gasteiger partial charge >= 0.3 is 0 Å². The van der Waals surface area contributed by atoms with Crippen molar-refractivity contribution in [1.29, 1.82) is 0 Å². The van der Waals surface area contributed by atoms with Crippen molar-refractivity contribution in [2.24, 2.45) is 0 Å². The summed E-state index contributed by atoms with van der Waals surface area (Å²) in [5.41, 5.74) is 2.00. The molecule has 7 nitrogen and oxygen atoms in total. The van der Waals surface area contributed by atoms with Crippen molar-refractivity contribution in [3.05, 3.63) is 53.6 Å². The summed E-state index contributed by atoms with van der Waals surface area (Å²) in [5, 5.41) is 0. The summed E-state index contributed by atoms with van der Waals surface area (Å²) in [7, 11) is 3.06. The molecule has 0 spiro atoms. The van der Waals surface area contributed by atoms with Gasteiger partial charge in [0.25, 0.3) is 11.8 Å². The summed E-state index contributed by atoms with van der Waals surface area (Å²) in [6.07, 6.45) is 5.85. The predicted molar refractivity (Wildman–Crippen MR) is 129 cm³/mol. The lowest BCUT2D eigenvalue weighted by atomic mass is 10.0. The molecule has 180 valence electrons. The van der Waals surface area contributed by atoms with Crippen LogP contribution in [0.3, 0.4) is 0 Å². The van der Waals surface area contributed by atoms with Gasteiger partial charge in [0, 0.05) is 11.6 Å². The standard InChI is InChI=1S/C27H32N2O5/c1-18-10-13-21(14-11-18)29-25(30)17-22(27(29)32)28(20-8-6-4-5-7-9-20)26(31)19-12-15-23(33-2)24(16-19)34-3/h10-16,20,22H,4-9,17H2,1-3H3. The molecule has 4 rings (SSSR count).